The Hall–Kier alpha value is -2.05. The van der Waals surface area contributed by atoms with Gasteiger partial charge in [0, 0.05) is 45.8 Å². The van der Waals surface area contributed by atoms with Crippen LogP contribution in [0.4, 0.5) is 0 Å². The second-order valence-electron chi connectivity index (χ2n) is 6.53. The van der Waals surface area contributed by atoms with Crippen molar-refractivity contribution in [3.05, 3.63) is 42.0 Å². The normalized spacial score (nSPS) is 22.4. The van der Waals surface area contributed by atoms with Gasteiger partial charge in [0.1, 0.15) is 5.75 Å². The summed E-state index contributed by atoms with van der Waals surface area (Å²) in [7, 11) is 3.43. The van der Waals surface area contributed by atoms with Gasteiger partial charge in [-0.1, -0.05) is 24.3 Å². The Morgan fingerprint density at radius 2 is 2.20 bits per heavy atom. The minimum atomic E-state index is -0.604. The lowest BCUT2D eigenvalue weighted by Gasteiger charge is -2.26. The Kier molecular flexibility index (Phi) is 5.94. The molecular formula is C19H28N4O2. The topological polar surface area (TPSA) is 60.3 Å². The van der Waals surface area contributed by atoms with Crippen LogP contribution >= 0.6 is 0 Å². The third-order valence-corrected chi connectivity index (χ3v) is 4.97. The van der Waals surface area contributed by atoms with Crippen molar-refractivity contribution in [2.75, 3.05) is 46.9 Å². The summed E-state index contributed by atoms with van der Waals surface area (Å²) < 4.78 is 5.22. The summed E-state index contributed by atoms with van der Waals surface area (Å²) in [6.45, 7) is 4.51. The fourth-order valence-electron chi connectivity index (χ4n) is 3.51. The smallest absolute Gasteiger partial charge is 0.193 e. The Morgan fingerprint density at radius 1 is 1.40 bits per heavy atom. The molecule has 3 rings (SSSR count). The molecule has 2 aliphatic rings. The molecule has 1 saturated heterocycles. The zero-order valence-corrected chi connectivity index (χ0v) is 15.1. The summed E-state index contributed by atoms with van der Waals surface area (Å²) in [5.74, 6) is 1.61. The summed E-state index contributed by atoms with van der Waals surface area (Å²) in [6, 6.07) is 8.11. The van der Waals surface area contributed by atoms with E-state index >= 15 is 0 Å². The number of hydrogen-bond donors (Lipinski definition) is 2. The number of hydrogen-bond acceptors (Lipinski definition) is 4. The molecule has 1 aromatic rings. The maximum atomic E-state index is 10.4. The van der Waals surface area contributed by atoms with Crippen molar-refractivity contribution in [3.63, 3.8) is 0 Å². The summed E-state index contributed by atoms with van der Waals surface area (Å²) in [6.07, 6.45) is 5.02. The van der Waals surface area contributed by atoms with Crippen LogP contribution in [0.25, 0.3) is 0 Å². The third kappa shape index (κ3) is 4.32. The number of guanidine groups is 1. The van der Waals surface area contributed by atoms with E-state index in [0.29, 0.717) is 12.6 Å². The number of rotatable bonds is 5. The van der Waals surface area contributed by atoms with Crippen molar-refractivity contribution in [2.24, 2.45) is 4.99 Å². The second-order valence-corrected chi connectivity index (χ2v) is 6.53. The van der Waals surface area contributed by atoms with Crippen LogP contribution in [0, 0.1) is 0 Å². The van der Waals surface area contributed by atoms with Gasteiger partial charge >= 0.3 is 0 Å². The van der Waals surface area contributed by atoms with Gasteiger partial charge in [-0.25, -0.2) is 0 Å². The highest BCUT2D eigenvalue weighted by atomic mass is 16.5. The number of aliphatic imine (C=N–C) groups is 1. The molecule has 2 unspecified atom stereocenters. The number of benzene rings is 1. The lowest BCUT2D eigenvalue weighted by Crippen LogP contribution is -2.43. The van der Waals surface area contributed by atoms with Crippen LogP contribution in [-0.4, -0.2) is 73.8 Å². The molecule has 6 heteroatoms. The highest BCUT2D eigenvalue weighted by molar-refractivity contribution is 5.80. The highest BCUT2D eigenvalue weighted by Crippen LogP contribution is 2.20. The molecule has 136 valence electrons. The lowest BCUT2D eigenvalue weighted by molar-refractivity contribution is 0.179. The number of nitrogens with one attached hydrogen (secondary N) is 1. The summed E-state index contributed by atoms with van der Waals surface area (Å²) in [5, 5.41) is 13.8. The molecule has 0 saturated carbocycles. The molecule has 2 N–H and O–H groups in total. The largest absolute Gasteiger partial charge is 0.497 e. The van der Waals surface area contributed by atoms with Gasteiger partial charge in [-0.2, -0.15) is 0 Å². The average molecular weight is 344 g/mol. The third-order valence-electron chi connectivity index (χ3n) is 4.97. The minimum Gasteiger partial charge on any atom is -0.497 e. The number of aliphatic hydroxyl groups excluding tert-OH is 1. The van der Waals surface area contributed by atoms with Crippen molar-refractivity contribution in [1.82, 2.24) is 15.1 Å². The van der Waals surface area contributed by atoms with Crippen molar-refractivity contribution >= 4 is 5.96 Å². The van der Waals surface area contributed by atoms with Crippen molar-refractivity contribution in [2.45, 2.75) is 18.6 Å². The van der Waals surface area contributed by atoms with E-state index in [1.807, 2.05) is 24.3 Å². The van der Waals surface area contributed by atoms with Crippen LogP contribution in [0.15, 0.2) is 41.4 Å². The number of ether oxygens (including phenoxy) is 1. The Morgan fingerprint density at radius 3 is 2.92 bits per heavy atom. The van der Waals surface area contributed by atoms with E-state index < -0.39 is 6.10 Å². The number of methoxy groups -OCH3 is 1. The van der Waals surface area contributed by atoms with Crippen LogP contribution in [0.3, 0.4) is 0 Å². The van der Waals surface area contributed by atoms with Gasteiger partial charge in [-0.05, 0) is 24.1 Å². The summed E-state index contributed by atoms with van der Waals surface area (Å²) >= 11 is 0. The quantitative estimate of drug-likeness (QED) is 0.478. The van der Waals surface area contributed by atoms with Gasteiger partial charge < -0.3 is 20.1 Å². The van der Waals surface area contributed by atoms with Crippen LogP contribution in [-0.2, 0) is 0 Å². The van der Waals surface area contributed by atoms with Gasteiger partial charge in [-0.3, -0.25) is 9.89 Å². The van der Waals surface area contributed by atoms with Crippen LogP contribution < -0.4 is 10.1 Å². The molecule has 25 heavy (non-hydrogen) atoms. The van der Waals surface area contributed by atoms with Gasteiger partial charge in [0.25, 0.3) is 0 Å². The van der Waals surface area contributed by atoms with Crippen molar-refractivity contribution in [3.8, 4) is 5.75 Å². The zero-order valence-electron chi connectivity index (χ0n) is 15.1. The standard InChI is InChI=1S/C19H28N4O2/c1-20-19(23-11-8-16(14-23)22-9-3-4-10-22)21-13-18(24)15-6-5-7-17(12-15)25-2/h3-7,12,16,18,24H,8-11,13-14H2,1-2H3,(H,20,21). The van der Waals surface area contributed by atoms with Crippen molar-refractivity contribution < 1.29 is 9.84 Å². The maximum Gasteiger partial charge on any atom is 0.193 e. The molecule has 1 fully saturated rings. The predicted molar refractivity (Wildman–Crippen MR) is 100 cm³/mol. The average Bonchev–Trinajstić information content (AvgIpc) is 3.33. The van der Waals surface area contributed by atoms with E-state index in [2.05, 4.69) is 32.3 Å². The Labute approximate surface area is 149 Å². The summed E-state index contributed by atoms with van der Waals surface area (Å²) in [4.78, 5) is 9.17. The molecule has 0 spiro atoms. The molecule has 0 amide bonds. The number of nitrogens with zero attached hydrogens (tertiary/aromatic N) is 3. The van der Waals surface area contributed by atoms with E-state index in [-0.39, 0.29) is 0 Å². The Bertz CT molecular complexity index is 624. The number of likely N-dealkylation sites (tertiary alicyclic amines) is 1. The van der Waals surface area contributed by atoms with Crippen LogP contribution in [0.2, 0.25) is 0 Å². The molecule has 1 aromatic carbocycles. The van der Waals surface area contributed by atoms with Gasteiger partial charge in [0.15, 0.2) is 5.96 Å². The molecule has 6 nitrogen and oxygen atoms in total. The lowest BCUT2D eigenvalue weighted by atomic mass is 10.1. The summed E-state index contributed by atoms with van der Waals surface area (Å²) in [5.41, 5.74) is 0.838. The van der Waals surface area contributed by atoms with Gasteiger partial charge in [-0.15, -0.1) is 0 Å². The van der Waals surface area contributed by atoms with E-state index in [0.717, 1.165) is 49.9 Å². The first-order valence-corrected chi connectivity index (χ1v) is 8.88. The first-order valence-electron chi connectivity index (χ1n) is 8.88. The van der Waals surface area contributed by atoms with Gasteiger partial charge in [0.2, 0.25) is 0 Å². The number of aliphatic hydroxyl groups is 1. The van der Waals surface area contributed by atoms with E-state index in [1.165, 1.54) is 0 Å². The molecular weight excluding hydrogens is 316 g/mol. The van der Waals surface area contributed by atoms with Crippen LogP contribution in [0.5, 0.6) is 5.75 Å². The van der Waals surface area contributed by atoms with E-state index in [4.69, 9.17) is 4.74 Å². The monoisotopic (exact) mass is 344 g/mol. The molecule has 2 heterocycles. The SMILES string of the molecule is CN=C(NCC(O)c1cccc(OC)c1)N1CCC(N2CC=CC2)C1. The molecule has 2 atom stereocenters. The fourth-order valence-corrected chi connectivity index (χ4v) is 3.51. The van der Waals surface area contributed by atoms with E-state index in [1.54, 1.807) is 14.2 Å². The molecule has 0 aromatic heterocycles. The minimum absolute atomic E-state index is 0.423. The molecule has 0 bridgehead atoms. The fraction of sp³-hybridized carbons (Fsp3) is 0.526. The maximum absolute atomic E-state index is 10.4. The van der Waals surface area contributed by atoms with Gasteiger partial charge in [0.05, 0.1) is 13.2 Å². The first kappa shape index (κ1) is 17.8. The van der Waals surface area contributed by atoms with Crippen molar-refractivity contribution in [1.29, 1.82) is 0 Å². The Balaban J connectivity index is 1.52. The zero-order chi connectivity index (χ0) is 17.6. The molecule has 0 aliphatic carbocycles. The highest BCUT2D eigenvalue weighted by Gasteiger charge is 2.29. The second kappa shape index (κ2) is 8.36. The molecule has 0 radical (unpaired) electrons. The van der Waals surface area contributed by atoms with E-state index in [9.17, 15) is 5.11 Å². The predicted octanol–water partition coefficient (Wildman–Crippen LogP) is 1.25. The van der Waals surface area contributed by atoms with Crippen LogP contribution in [0.1, 0.15) is 18.1 Å². The first-order chi connectivity index (χ1) is 12.2. The molecule has 2 aliphatic heterocycles.